The second-order valence-electron chi connectivity index (χ2n) is 4.47. The van der Waals surface area contributed by atoms with Crippen LogP contribution in [0.1, 0.15) is 18.4 Å². The fourth-order valence-corrected chi connectivity index (χ4v) is 1.76. The molecule has 2 rings (SSSR count). The molecule has 0 spiro atoms. The lowest BCUT2D eigenvalue weighted by Gasteiger charge is -2.11. The molecule has 1 fully saturated rings. The van der Waals surface area contributed by atoms with Crippen LogP contribution in [-0.4, -0.2) is 25.1 Å². The minimum Gasteiger partial charge on any atom is -0.496 e. The number of nitrogens with one attached hydrogen (secondary N) is 1. The Labute approximate surface area is 101 Å². The molecule has 3 N–H and O–H groups in total. The first-order chi connectivity index (χ1) is 8.15. The van der Waals surface area contributed by atoms with Crippen molar-refractivity contribution >= 4 is 5.91 Å². The highest BCUT2D eigenvalue weighted by Gasteiger charge is 2.45. The maximum Gasteiger partial charge on any atom is 0.240 e. The van der Waals surface area contributed by atoms with Gasteiger partial charge in [0.2, 0.25) is 5.91 Å². The molecule has 1 aromatic rings. The Balaban J connectivity index is 1.83. The van der Waals surface area contributed by atoms with Crippen molar-refractivity contribution in [3.05, 3.63) is 29.8 Å². The van der Waals surface area contributed by atoms with E-state index >= 15 is 0 Å². The number of benzene rings is 1. The van der Waals surface area contributed by atoms with Gasteiger partial charge in [0, 0.05) is 6.54 Å². The molecule has 1 aliphatic carbocycles. The van der Waals surface area contributed by atoms with Gasteiger partial charge in [-0.3, -0.25) is 4.79 Å². The summed E-state index contributed by atoms with van der Waals surface area (Å²) in [5.41, 5.74) is 6.30. The number of para-hydroxylation sites is 1. The molecule has 1 aromatic carbocycles. The molecule has 0 bridgehead atoms. The molecule has 0 unspecified atom stereocenters. The molecule has 0 saturated heterocycles. The molecule has 1 aliphatic rings. The van der Waals surface area contributed by atoms with E-state index in [-0.39, 0.29) is 5.91 Å². The predicted octanol–water partition coefficient (Wildman–Crippen LogP) is 0.845. The minimum atomic E-state index is -0.583. The highest BCUT2D eigenvalue weighted by atomic mass is 16.5. The molecule has 0 heterocycles. The number of amides is 1. The Morgan fingerprint density at radius 1 is 1.47 bits per heavy atom. The van der Waals surface area contributed by atoms with Gasteiger partial charge >= 0.3 is 0 Å². The topological polar surface area (TPSA) is 64.3 Å². The van der Waals surface area contributed by atoms with Crippen LogP contribution >= 0.6 is 0 Å². The summed E-state index contributed by atoms with van der Waals surface area (Å²) >= 11 is 0. The van der Waals surface area contributed by atoms with Crippen LogP contribution in [-0.2, 0) is 11.2 Å². The average molecular weight is 234 g/mol. The van der Waals surface area contributed by atoms with E-state index in [2.05, 4.69) is 5.32 Å². The SMILES string of the molecule is COc1ccccc1CCNC(=O)C1(N)CC1. The van der Waals surface area contributed by atoms with Crippen LogP contribution < -0.4 is 15.8 Å². The van der Waals surface area contributed by atoms with Gasteiger partial charge in [-0.05, 0) is 30.9 Å². The van der Waals surface area contributed by atoms with Crippen molar-refractivity contribution in [3.8, 4) is 5.75 Å². The van der Waals surface area contributed by atoms with Crippen molar-refractivity contribution in [3.63, 3.8) is 0 Å². The maximum atomic E-state index is 11.6. The second-order valence-corrected chi connectivity index (χ2v) is 4.47. The largest absolute Gasteiger partial charge is 0.496 e. The van der Waals surface area contributed by atoms with E-state index in [9.17, 15) is 4.79 Å². The van der Waals surface area contributed by atoms with Crippen molar-refractivity contribution in [1.82, 2.24) is 5.32 Å². The van der Waals surface area contributed by atoms with Gasteiger partial charge in [0.1, 0.15) is 5.75 Å². The molecule has 0 atom stereocenters. The van der Waals surface area contributed by atoms with Crippen LogP contribution in [0.4, 0.5) is 0 Å². The van der Waals surface area contributed by atoms with E-state index in [1.165, 1.54) is 0 Å². The molecular weight excluding hydrogens is 216 g/mol. The van der Waals surface area contributed by atoms with Crippen LogP contribution in [0.15, 0.2) is 24.3 Å². The molecule has 1 saturated carbocycles. The fraction of sp³-hybridized carbons (Fsp3) is 0.462. The molecule has 0 aliphatic heterocycles. The van der Waals surface area contributed by atoms with E-state index in [1.54, 1.807) is 7.11 Å². The quantitative estimate of drug-likeness (QED) is 0.793. The number of hydrogen-bond acceptors (Lipinski definition) is 3. The average Bonchev–Trinajstić information content (AvgIpc) is 3.09. The number of nitrogens with two attached hydrogens (primary N) is 1. The van der Waals surface area contributed by atoms with Crippen molar-refractivity contribution in [2.75, 3.05) is 13.7 Å². The zero-order chi connectivity index (χ0) is 12.3. The summed E-state index contributed by atoms with van der Waals surface area (Å²) < 4.78 is 5.25. The lowest BCUT2D eigenvalue weighted by Crippen LogP contribution is -2.43. The summed E-state index contributed by atoms with van der Waals surface area (Å²) in [5.74, 6) is 0.822. The highest BCUT2D eigenvalue weighted by molar-refractivity contribution is 5.88. The van der Waals surface area contributed by atoms with Gasteiger partial charge in [0.25, 0.3) is 0 Å². The molecule has 17 heavy (non-hydrogen) atoms. The van der Waals surface area contributed by atoms with Gasteiger partial charge in [-0.25, -0.2) is 0 Å². The summed E-state index contributed by atoms with van der Waals surface area (Å²) in [6, 6.07) is 7.81. The zero-order valence-electron chi connectivity index (χ0n) is 10.0. The number of rotatable bonds is 5. The number of carbonyl (C=O) groups excluding carboxylic acids is 1. The standard InChI is InChI=1S/C13H18N2O2/c1-17-11-5-3-2-4-10(11)6-9-15-12(16)13(14)7-8-13/h2-5H,6-9,14H2,1H3,(H,15,16). The fourth-order valence-electron chi connectivity index (χ4n) is 1.76. The van der Waals surface area contributed by atoms with Crippen molar-refractivity contribution < 1.29 is 9.53 Å². The number of carbonyl (C=O) groups is 1. The van der Waals surface area contributed by atoms with Gasteiger partial charge in [0.05, 0.1) is 12.6 Å². The normalized spacial score (nSPS) is 16.4. The van der Waals surface area contributed by atoms with Gasteiger partial charge in [0.15, 0.2) is 0 Å². The molecule has 4 nitrogen and oxygen atoms in total. The number of hydrogen-bond donors (Lipinski definition) is 2. The van der Waals surface area contributed by atoms with Gasteiger partial charge in [-0.15, -0.1) is 0 Å². The summed E-state index contributed by atoms with van der Waals surface area (Å²) in [6.07, 6.45) is 2.35. The summed E-state index contributed by atoms with van der Waals surface area (Å²) in [4.78, 5) is 11.6. The highest BCUT2D eigenvalue weighted by Crippen LogP contribution is 2.32. The Kier molecular flexibility index (Phi) is 3.33. The molecule has 0 aromatic heterocycles. The lowest BCUT2D eigenvalue weighted by molar-refractivity contribution is -0.123. The minimum absolute atomic E-state index is 0.0348. The third-order valence-electron chi connectivity index (χ3n) is 3.11. The molecular formula is C13H18N2O2. The molecule has 1 amide bonds. The third kappa shape index (κ3) is 2.77. The van der Waals surface area contributed by atoms with Gasteiger partial charge in [-0.1, -0.05) is 18.2 Å². The van der Waals surface area contributed by atoms with Crippen molar-refractivity contribution in [1.29, 1.82) is 0 Å². The Bertz CT molecular complexity index is 414. The van der Waals surface area contributed by atoms with Gasteiger partial charge < -0.3 is 15.8 Å². The molecule has 92 valence electrons. The number of methoxy groups -OCH3 is 1. The van der Waals surface area contributed by atoms with E-state index in [4.69, 9.17) is 10.5 Å². The predicted molar refractivity (Wildman–Crippen MR) is 65.9 cm³/mol. The Hall–Kier alpha value is -1.55. The second kappa shape index (κ2) is 4.75. The van der Waals surface area contributed by atoms with Crippen molar-refractivity contribution in [2.45, 2.75) is 24.8 Å². The monoisotopic (exact) mass is 234 g/mol. The smallest absolute Gasteiger partial charge is 0.240 e. The third-order valence-corrected chi connectivity index (χ3v) is 3.11. The first-order valence-electron chi connectivity index (χ1n) is 5.85. The van der Waals surface area contributed by atoms with Crippen LogP contribution in [0.5, 0.6) is 5.75 Å². The molecule has 0 radical (unpaired) electrons. The summed E-state index contributed by atoms with van der Waals surface area (Å²) in [7, 11) is 1.65. The van der Waals surface area contributed by atoms with Crippen LogP contribution in [0.3, 0.4) is 0 Å². The van der Waals surface area contributed by atoms with Crippen LogP contribution in [0, 0.1) is 0 Å². The first kappa shape index (κ1) is 11.9. The van der Waals surface area contributed by atoms with Crippen LogP contribution in [0.25, 0.3) is 0 Å². The molecule has 4 heteroatoms. The van der Waals surface area contributed by atoms with E-state index in [1.807, 2.05) is 24.3 Å². The summed E-state index contributed by atoms with van der Waals surface area (Å²) in [6.45, 7) is 0.595. The van der Waals surface area contributed by atoms with E-state index in [0.717, 1.165) is 30.6 Å². The zero-order valence-corrected chi connectivity index (χ0v) is 10.0. The number of ether oxygens (including phenoxy) is 1. The summed E-state index contributed by atoms with van der Waals surface area (Å²) in [5, 5.41) is 2.87. The lowest BCUT2D eigenvalue weighted by atomic mass is 10.1. The van der Waals surface area contributed by atoms with Gasteiger partial charge in [-0.2, -0.15) is 0 Å². The Morgan fingerprint density at radius 3 is 2.82 bits per heavy atom. The Morgan fingerprint density at radius 2 is 2.18 bits per heavy atom. The van der Waals surface area contributed by atoms with E-state index in [0.29, 0.717) is 6.54 Å². The van der Waals surface area contributed by atoms with E-state index < -0.39 is 5.54 Å². The van der Waals surface area contributed by atoms with Crippen LogP contribution in [0.2, 0.25) is 0 Å². The maximum absolute atomic E-state index is 11.6. The van der Waals surface area contributed by atoms with Crippen molar-refractivity contribution in [2.24, 2.45) is 5.73 Å². The first-order valence-corrected chi connectivity index (χ1v) is 5.85.